The highest BCUT2D eigenvalue weighted by molar-refractivity contribution is 5.92. The van der Waals surface area contributed by atoms with Crippen molar-refractivity contribution in [1.82, 2.24) is 15.8 Å². The van der Waals surface area contributed by atoms with Gasteiger partial charge in [-0.3, -0.25) is 4.79 Å². The maximum absolute atomic E-state index is 11.8. The third kappa shape index (κ3) is 4.40. The molecule has 0 aromatic carbocycles. The summed E-state index contributed by atoms with van der Waals surface area (Å²) in [5, 5.41) is 9.68. The van der Waals surface area contributed by atoms with Gasteiger partial charge in [-0.2, -0.15) is 0 Å². The van der Waals surface area contributed by atoms with Crippen LogP contribution in [0.25, 0.3) is 11.5 Å². The van der Waals surface area contributed by atoms with Gasteiger partial charge in [0.25, 0.3) is 5.91 Å². The van der Waals surface area contributed by atoms with Crippen molar-refractivity contribution in [1.29, 1.82) is 0 Å². The molecule has 0 unspecified atom stereocenters. The number of carbonyl (C=O) groups excluding carboxylic acids is 1. The summed E-state index contributed by atoms with van der Waals surface area (Å²) in [4.78, 5) is 11.8. The Kier molecular flexibility index (Phi) is 6.83. The van der Waals surface area contributed by atoms with Gasteiger partial charge >= 0.3 is 0 Å². The van der Waals surface area contributed by atoms with E-state index < -0.39 is 0 Å². The molecule has 0 radical (unpaired) electrons. The highest BCUT2D eigenvalue weighted by Crippen LogP contribution is 2.20. The minimum atomic E-state index is -0.250. The Balaban J connectivity index is 0.00000200. The molecular formula is C13H18ClN3O3. The Morgan fingerprint density at radius 1 is 1.30 bits per heavy atom. The number of halogens is 1. The Morgan fingerprint density at radius 2 is 2.15 bits per heavy atom. The first-order valence-corrected chi connectivity index (χ1v) is 6.30. The van der Waals surface area contributed by atoms with E-state index in [-0.39, 0.29) is 24.0 Å². The fraction of sp³-hybridized carbons (Fsp3) is 0.385. The molecule has 0 atom stereocenters. The molecule has 0 bridgehead atoms. The third-order valence-corrected chi connectivity index (χ3v) is 2.52. The Labute approximate surface area is 123 Å². The molecule has 1 amide bonds. The number of hydrogen-bond acceptors (Lipinski definition) is 5. The normalized spacial score (nSPS) is 10.1. The third-order valence-electron chi connectivity index (χ3n) is 2.52. The van der Waals surface area contributed by atoms with Gasteiger partial charge in [0.2, 0.25) is 5.76 Å². The van der Waals surface area contributed by atoms with E-state index in [9.17, 15) is 4.79 Å². The van der Waals surface area contributed by atoms with Crippen LogP contribution in [0.4, 0.5) is 0 Å². The monoisotopic (exact) mass is 299 g/mol. The predicted octanol–water partition coefficient (Wildman–Crippen LogP) is 2.09. The van der Waals surface area contributed by atoms with E-state index in [1.807, 2.05) is 0 Å². The summed E-state index contributed by atoms with van der Waals surface area (Å²) in [6, 6.07) is 5.06. The van der Waals surface area contributed by atoms with Crippen LogP contribution in [0, 0.1) is 0 Å². The number of nitrogens with one attached hydrogen (secondary N) is 2. The molecule has 0 aliphatic heterocycles. The van der Waals surface area contributed by atoms with Gasteiger partial charge in [-0.05, 0) is 25.1 Å². The molecule has 2 N–H and O–H groups in total. The number of amides is 1. The number of carbonyl (C=O) groups is 1. The molecule has 7 heteroatoms. The SMILES string of the molecule is CCCNCCNC(=O)c1cc(-c2ccco2)on1.Cl. The molecule has 2 heterocycles. The van der Waals surface area contributed by atoms with E-state index in [4.69, 9.17) is 8.94 Å². The fourth-order valence-corrected chi connectivity index (χ4v) is 1.57. The molecule has 0 aliphatic carbocycles. The van der Waals surface area contributed by atoms with E-state index >= 15 is 0 Å². The first kappa shape index (κ1) is 16.3. The van der Waals surface area contributed by atoms with E-state index in [0.29, 0.717) is 18.1 Å². The Morgan fingerprint density at radius 3 is 2.85 bits per heavy atom. The zero-order valence-electron chi connectivity index (χ0n) is 11.2. The van der Waals surface area contributed by atoms with E-state index in [0.717, 1.165) is 19.5 Å². The largest absolute Gasteiger partial charge is 0.461 e. The van der Waals surface area contributed by atoms with Gasteiger partial charge in [-0.25, -0.2) is 0 Å². The lowest BCUT2D eigenvalue weighted by molar-refractivity contribution is 0.0945. The summed E-state index contributed by atoms with van der Waals surface area (Å²) in [6.45, 7) is 4.34. The van der Waals surface area contributed by atoms with E-state index in [2.05, 4.69) is 22.7 Å². The van der Waals surface area contributed by atoms with E-state index in [1.54, 1.807) is 18.2 Å². The number of furan rings is 1. The second-order valence-electron chi connectivity index (χ2n) is 4.06. The average Bonchev–Trinajstić information content (AvgIpc) is 3.08. The highest BCUT2D eigenvalue weighted by Gasteiger charge is 2.14. The molecule has 0 aliphatic rings. The highest BCUT2D eigenvalue weighted by atomic mass is 35.5. The lowest BCUT2D eigenvalue weighted by atomic mass is 10.3. The summed E-state index contributed by atoms with van der Waals surface area (Å²) in [5.41, 5.74) is 0.252. The molecule has 20 heavy (non-hydrogen) atoms. The van der Waals surface area contributed by atoms with Crippen LogP contribution in [-0.2, 0) is 0 Å². The second-order valence-corrected chi connectivity index (χ2v) is 4.06. The maximum atomic E-state index is 11.8. The fourth-order valence-electron chi connectivity index (χ4n) is 1.57. The van der Waals surface area contributed by atoms with Crippen molar-refractivity contribution in [3.8, 4) is 11.5 Å². The molecule has 6 nitrogen and oxygen atoms in total. The minimum absolute atomic E-state index is 0. The van der Waals surface area contributed by atoms with Crippen molar-refractivity contribution < 1.29 is 13.7 Å². The van der Waals surface area contributed by atoms with Gasteiger partial charge < -0.3 is 19.6 Å². The molecule has 0 spiro atoms. The first-order chi connectivity index (χ1) is 9.31. The van der Waals surface area contributed by atoms with Crippen LogP contribution in [0.2, 0.25) is 0 Å². The van der Waals surface area contributed by atoms with Crippen LogP contribution >= 0.6 is 12.4 Å². The number of aromatic nitrogens is 1. The van der Waals surface area contributed by atoms with Crippen molar-refractivity contribution in [2.75, 3.05) is 19.6 Å². The standard InChI is InChI=1S/C13H17N3O3.ClH/c1-2-5-14-6-7-15-13(17)10-9-12(19-16-10)11-4-3-8-18-11;/h3-4,8-9,14H,2,5-7H2,1H3,(H,15,17);1H. The summed E-state index contributed by atoms with van der Waals surface area (Å²) in [6.07, 6.45) is 2.61. The molecule has 110 valence electrons. The van der Waals surface area contributed by atoms with Crippen LogP contribution < -0.4 is 10.6 Å². The Hall–Kier alpha value is -1.79. The van der Waals surface area contributed by atoms with Crippen LogP contribution in [0.1, 0.15) is 23.8 Å². The molecule has 2 aromatic rings. The van der Waals surface area contributed by atoms with Crippen molar-refractivity contribution in [2.24, 2.45) is 0 Å². The molecule has 0 saturated carbocycles. The van der Waals surface area contributed by atoms with Crippen LogP contribution in [-0.4, -0.2) is 30.7 Å². The zero-order chi connectivity index (χ0) is 13.5. The molecule has 2 aromatic heterocycles. The minimum Gasteiger partial charge on any atom is -0.461 e. The molecule has 0 saturated heterocycles. The molecular weight excluding hydrogens is 282 g/mol. The smallest absolute Gasteiger partial charge is 0.273 e. The van der Waals surface area contributed by atoms with Gasteiger partial charge in [0.1, 0.15) is 0 Å². The molecule has 2 rings (SSSR count). The van der Waals surface area contributed by atoms with Crippen molar-refractivity contribution >= 4 is 18.3 Å². The van der Waals surface area contributed by atoms with Crippen molar-refractivity contribution in [2.45, 2.75) is 13.3 Å². The number of rotatable bonds is 7. The summed E-state index contributed by atoms with van der Waals surface area (Å²) < 4.78 is 10.2. The molecule has 0 fully saturated rings. The second kappa shape index (κ2) is 8.39. The number of nitrogens with zero attached hydrogens (tertiary/aromatic N) is 1. The summed E-state index contributed by atoms with van der Waals surface area (Å²) in [5.74, 6) is 0.746. The average molecular weight is 300 g/mol. The topological polar surface area (TPSA) is 80.3 Å². The first-order valence-electron chi connectivity index (χ1n) is 6.30. The number of hydrogen-bond donors (Lipinski definition) is 2. The van der Waals surface area contributed by atoms with Crippen LogP contribution in [0.5, 0.6) is 0 Å². The van der Waals surface area contributed by atoms with E-state index in [1.165, 1.54) is 6.26 Å². The van der Waals surface area contributed by atoms with Crippen molar-refractivity contribution in [3.05, 3.63) is 30.2 Å². The van der Waals surface area contributed by atoms with Gasteiger partial charge in [0.15, 0.2) is 11.5 Å². The van der Waals surface area contributed by atoms with Gasteiger partial charge in [-0.15, -0.1) is 12.4 Å². The lowest BCUT2D eigenvalue weighted by Gasteiger charge is -2.03. The quantitative estimate of drug-likeness (QED) is 0.765. The van der Waals surface area contributed by atoms with Crippen LogP contribution in [0.3, 0.4) is 0 Å². The van der Waals surface area contributed by atoms with Gasteiger partial charge in [0.05, 0.1) is 6.26 Å². The van der Waals surface area contributed by atoms with Crippen molar-refractivity contribution in [3.63, 3.8) is 0 Å². The summed E-state index contributed by atoms with van der Waals surface area (Å²) in [7, 11) is 0. The zero-order valence-corrected chi connectivity index (χ0v) is 12.0. The van der Waals surface area contributed by atoms with Crippen LogP contribution in [0.15, 0.2) is 33.4 Å². The predicted molar refractivity (Wildman–Crippen MR) is 76.9 cm³/mol. The lowest BCUT2D eigenvalue weighted by Crippen LogP contribution is -2.32. The Bertz CT molecular complexity index is 511. The maximum Gasteiger partial charge on any atom is 0.273 e. The van der Waals surface area contributed by atoms with Gasteiger partial charge in [0, 0.05) is 19.2 Å². The van der Waals surface area contributed by atoms with Gasteiger partial charge in [-0.1, -0.05) is 12.1 Å². The summed E-state index contributed by atoms with van der Waals surface area (Å²) >= 11 is 0.